The fourth-order valence-electron chi connectivity index (χ4n) is 2.20. The molecule has 1 unspecified atom stereocenters. The van der Waals surface area contributed by atoms with Gasteiger partial charge in [-0.1, -0.05) is 37.3 Å². The van der Waals surface area contributed by atoms with Gasteiger partial charge in [-0.25, -0.2) is 9.18 Å². The maximum atomic E-state index is 13.0. The Morgan fingerprint density at radius 3 is 2.59 bits per heavy atom. The summed E-state index contributed by atoms with van der Waals surface area (Å²) in [5, 5.41) is 5.56. The van der Waals surface area contributed by atoms with Crippen molar-refractivity contribution in [3.8, 4) is 0 Å². The third-order valence-electron chi connectivity index (χ3n) is 3.45. The van der Waals surface area contributed by atoms with Gasteiger partial charge in [0.25, 0.3) is 0 Å². The van der Waals surface area contributed by atoms with Crippen LogP contribution in [0.3, 0.4) is 0 Å². The molecule has 0 aliphatic heterocycles. The van der Waals surface area contributed by atoms with Gasteiger partial charge in [0.1, 0.15) is 5.82 Å². The van der Waals surface area contributed by atoms with Gasteiger partial charge in [-0.2, -0.15) is 0 Å². The van der Waals surface area contributed by atoms with Crippen LogP contribution >= 0.6 is 15.9 Å². The van der Waals surface area contributed by atoms with Crippen LogP contribution in [0, 0.1) is 5.82 Å². The number of hydrogen-bond donors (Lipinski definition) is 2. The van der Waals surface area contributed by atoms with Gasteiger partial charge in [-0.05, 0) is 46.1 Å². The lowest BCUT2D eigenvalue weighted by Gasteiger charge is -2.17. The van der Waals surface area contributed by atoms with Crippen LogP contribution < -0.4 is 10.6 Å². The molecule has 5 heteroatoms. The Hall–Kier alpha value is -1.88. The first-order valence-corrected chi connectivity index (χ1v) is 7.94. The molecular formula is C17H18BrFN2O. The van der Waals surface area contributed by atoms with Gasteiger partial charge in [0, 0.05) is 16.9 Å². The molecule has 2 amide bonds. The Morgan fingerprint density at radius 1 is 1.23 bits per heavy atom. The predicted molar refractivity (Wildman–Crippen MR) is 90.6 cm³/mol. The van der Waals surface area contributed by atoms with Crippen molar-refractivity contribution in [1.29, 1.82) is 0 Å². The van der Waals surface area contributed by atoms with Crippen LogP contribution in [0.1, 0.15) is 24.8 Å². The van der Waals surface area contributed by atoms with Gasteiger partial charge in [0.2, 0.25) is 0 Å². The molecule has 3 nitrogen and oxygen atoms in total. The van der Waals surface area contributed by atoms with Gasteiger partial charge >= 0.3 is 6.03 Å². The molecular weight excluding hydrogens is 347 g/mol. The second kappa shape index (κ2) is 7.94. The Balaban J connectivity index is 1.92. The molecule has 0 bridgehead atoms. The maximum Gasteiger partial charge on any atom is 0.319 e. The molecule has 0 aliphatic carbocycles. The summed E-state index contributed by atoms with van der Waals surface area (Å²) in [6, 6.07) is 13.9. The Kier molecular flexibility index (Phi) is 5.95. The van der Waals surface area contributed by atoms with E-state index in [2.05, 4.69) is 45.6 Å². The van der Waals surface area contributed by atoms with E-state index in [0.717, 1.165) is 6.42 Å². The van der Waals surface area contributed by atoms with Gasteiger partial charge < -0.3 is 10.6 Å². The van der Waals surface area contributed by atoms with E-state index in [1.165, 1.54) is 23.8 Å². The number of urea groups is 1. The molecule has 0 saturated carbocycles. The van der Waals surface area contributed by atoms with Crippen molar-refractivity contribution in [2.45, 2.75) is 19.3 Å². The highest BCUT2D eigenvalue weighted by Crippen LogP contribution is 2.23. The van der Waals surface area contributed by atoms with Gasteiger partial charge in [-0.15, -0.1) is 0 Å². The molecule has 0 radical (unpaired) electrons. The smallest absolute Gasteiger partial charge is 0.319 e. The fourth-order valence-corrected chi connectivity index (χ4v) is 2.65. The molecule has 2 aromatic rings. The van der Waals surface area contributed by atoms with E-state index in [-0.39, 0.29) is 17.8 Å². The van der Waals surface area contributed by atoms with Crippen molar-refractivity contribution in [3.05, 3.63) is 64.4 Å². The average molecular weight is 365 g/mol. The first-order chi connectivity index (χ1) is 10.6. The summed E-state index contributed by atoms with van der Waals surface area (Å²) < 4.78 is 13.5. The summed E-state index contributed by atoms with van der Waals surface area (Å²) in [5.74, 6) is -0.0865. The van der Waals surface area contributed by atoms with Crippen LogP contribution in [0.15, 0.2) is 53.0 Å². The van der Waals surface area contributed by atoms with Crippen LogP contribution in [0.5, 0.6) is 0 Å². The summed E-state index contributed by atoms with van der Waals surface area (Å²) in [7, 11) is 0. The zero-order valence-corrected chi connectivity index (χ0v) is 13.9. The molecule has 0 fully saturated rings. The zero-order chi connectivity index (χ0) is 15.9. The predicted octanol–water partition coefficient (Wildman–Crippen LogP) is 4.90. The van der Waals surface area contributed by atoms with Crippen molar-refractivity contribution >= 4 is 27.6 Å². The minimum atomic E-state index is -0.354. The number of benzene rings is 2. The van der Waals surface area contributed by atoms with Crippen LogP contribution in [-0.4, -0.2) is 12.6 Å². The number of halogens is 2. The van der Waals surface area contributed by atoms with E-state index < -0.39 is 0 Å². The van der Waals surface area contributed by atoms with Crippen LogP contribution in [0.25, 0.3) is 0 Å². The van der Waals surface area contributed by atoms with E-state index in [9.17, 15) is 9.18 Å². The quantitative estimate of drug-likeness (QED) is 0.777. The fraction of sp³-hybridized carbons (Fsp3) is 0.235. The number of amides is 2. The van der Waals surface area contributed by atoms with E-state index in [1.54, 1.807) is 0 Å². The summed E-state index contributed by atoms with van der Waals surface area (Å²) in [4.78, 5) is 12.0. The molecule has 0 aromatic heterocycles. The van der Waals surface area contributed by atoms with E-state index >= 15 is 0 Å². The van der Waals surface area contributed by atoms with E-state index in [4.69, 9.17) is 0 Å². The lowest BCUT2D eigenvalue weighted by Crippen LogP contribution is -2.32. The number of carbonyl (C=O) groups excluding carboxylic acids is 1. The SMILES string of the molecule is CCC(CNC(=O)Nc1ccc(F)cc1Br)c1ccccc1. The maximum absolute atomic E-state index is 13.0. The normalized spacial score (nSPS) is 11.8. The Labute approximate surface area is 138 Å². The third-order valence-corrected chi connectivity index (χ3v) is 4.11. The van der Waals surface area contributed by atoms with Gasteiger partial charge in [0.15, 0.2) is 0 Å². The highest BCUT2D eigenvalue weighted by atomic mass is 79.9. The molecule has 2 aromatic carbocycles. The van der Waals surface area contributed by atoms with Crippen LogP contribution in [0.4, 0.5) is 14.9 Å². The molecule has 0 spiro atoms. The van der Waals surface area contributed by atoms with E-state index in [0.29, 0.717) is 16.7 Å². The van der Waals surface area contributed by atoms with Crippen LogP contribution in [0.2, 0.25) is 0 Å². The van der Waals surface area contributed by atoms with Crippen molar-refractivity contribution in [1.82, 2.24) is 5.32 Å². The van der Waals surface area contributed by atoms with Gasteiger partial charge in [-0.3, -0.25) is 0 Å². The third kappa shape index (κ3) is 4.56. The molecule has 2 N–H and O–H groups in total. The summed E-state index contributed by atoms with van der Waals surface area (Å²) in [6.45, 7) is 2.64. The number of anilines is 1. The van der Waals surface area contributed by atoms with E-state index in [1.807, 2.05) is 18.2 Å². The summed E-state index contributed by atoms with van der Waals surface area (Å²) in [5.41, 5.74) is 1.74. The highest BCUT2D eigenvalue weighted by Gasteiger charge is 2.11. The standard InChI is InChI=1S/C17H18BrFN2O/c1-2-12(13-6-4-3-5-7-13)11-20-17(22)21-16-9-8-14(19)10-15(16)18/h3-10,12H,2,11H2,1H3,(H2,20,21,22). The molecule has 116 valence electrons. The molecule has 0 saturated heterocycles. The first kappa shape index (κ1) is 16.5. The van der Waals surface area contributed by atoms with Gasteiger partial charge in [0.05, 0.1) is 5.69 Å². The number of nitrogens with one attached hydrogen (secondary N) is 2. The number of carbonyl (C=O) groups is 1. The highest BCUT2D eigenvalue weighted by molar-refractivity contribution is 9.10. The largest absolute Gasteiger partial charge is 0.337 e. The molecule has 22 heavy (non-hydrogen) atoms. The monoisotopic (exact) mass is 364 g/mol. The first-order valence-electron chi connectivity index (χ1n) is 7.15. The lowest BCUT2D eigenvalue weighted by molar-refractivity contribution is 0.251. The van der Waals surface area contributed by atoms with Crippen molar-refractivity contribution in [2.24, 2.45) is 0 Å². The Bertz CT molecular complexity index is 634. The number of rotatable bonds is 5. The van der Waals surface area contributed by atoms with Crippen molar-refractivity contribution in [2.75, 3.05) is 11.9 Å². The minimum Gasteiger partial charge on any atom is -0.337 e. The van der Waals surface area contributed by atoms with Crippen molar-refractivity contribution in [3.63, 3.8) is 0 Å². The second-order valence-corrected chi connectivity index (χ2v) is 5.83. The summed E-state index contributed by atoms with van der Waals surface area (Å²) in [6.07, 6.45) is 0.935. The zero-order valence-electron chi connectivity index (χ0n) is 12.3. The molecule has 2 rings (SSSR count). The summed E-state index contributed by atoms with van der Waals surface area (Å²) >= 11 is 3.22. The second-order valence-electron chi connectivity index (χ2n) is 4.98. The lowest BCUT2D eigenvalue weighted by atomic mass is 9.97. The Morgan fingerprint density at radius 2 is 1.95 bits per heavy atom. The minimum absolute atomic E-state index is 0.267. The van der Waals surface area contributed by atoms with Crippen molar-refractivity contribution < 1.29 is 9.18 Å². The molecule has 0 heterocycles. The number of hydrogen-bond acceptors (Lipinski definition) is 1. The topological polar surface area (TPSA) is 41.1 Å². The average Bonchev–Trinajstić information content (AvgIpc) is 2.52. The molecule has 1 atom stereocenters. The van der Waals surface area contributed by atoms with Crippen LogP contribution in [-0.2, 0) is 0 Å². The molecule has 0 aliphatic rings.